The van der Waals surface area contributed by atoms with Crippen LogP contribution in [0.1, 0.15) is 11.1 Å². The lowest BCUT2D eigenvalue weighted by Gasteiger charge is -2.00. The molecule has 6 heteroatoms. The van der Waals surface area contributed by atoms with Gasteiger partial charge in [-0.05, 0) is 23.3 Å². The van der Waals surface area contributed by atoms with Gasteiger partial charge in [-0.3, -0.25) is 9.97 Å². The minimum atomic E-state index is 0. The molecule has 0 atom stereocenters. The van der Waals surface area contributed by atoms with Crippen molar-refractivity contribution in [3.8, 4) is 0 Å². The van der Waals surface area contributed by atoms with Crippen LogP contribution in [0.4, 0.5) is 0 Å². The summed E-state index contributed by atoms with van der Waals surface area (Å²) in [6.07, 6.45) is 7.43. The fourth-order valence-corrected chi connectivity index (χ4v) is 3.28. The van der Waals surface area contributed by atoms with Crippen LogP contribution in [0.5, 0.6) is 0 Å². The van der Waals surface area contributed by atoms with E-state index in [0.29, 0.717) is 0 Å². The molecule has 18 heavy (non-hydrogen) atoms. The molecule has 0 unspecified atom stereocenters. The molecule has 0 spiro atoms. The third-order valence-corrected chi connectivity index (χ3v) is 4.26. The number of halogens is 2. The largest absolute Gasteiger partial charge is 0.264 e. The van der Waals surface area contributed by atoms with Gasteiger partial charge in [-0.2, -0.15) is 0 Å². The standard InChI is InChI=1S/C12H12N2S2.2ClH/c1-3-11(7-13-5-1)9-15-16-10-12-4-2-6-14-8-12;;/h1-8H,9-10H2;2*1H. The molecule has 0 N–H and O–H groups in total. The second kappa shape index (κ2) is 10.5. The lowest BCUT2D eigenvalue weighted by molar-refractivity contribution is 1.25. The Hall–Kier alpha value is -0.420. The van der Waals surface area contributed by atoms with E-state index in [1.54, 1.807) is 12.4 Å². The second-order valence-corrected chi connectivity index (χ2v) is 5.71. The van der Waals surface area contributed by atoms with Gasteiger partial charge >= 0.3 is 0 Å². The molecular formula is C12H14Cl2N2S2. The summed E-state index contributed by atoms with van der Waals surface area (Å²) in [6.45, 7) is 0. The van der Waals surface area contributed by atoms with Gasteiger partial charge in [0.25, 0.3) is 0 Å². The summed E-state index contributed by atoms with van der Waals surface area (Å²) in [5, 5.41) is 0. The molecule has 0 aliphatic rings. The van der Waals surface area contributed by atoms with Crippen LogP contribution in [0.3, 0.4) is 0 Å². The summed E-state index contributed by atoms with van der Waals surface area (Å²) in [6, 6.07) is 8.15. The number of aromatic nitrogens is 2. The zero-order valence-corrected chi connectivity index (χ0v) is 12.8. The maximum absolute atomic E-state index is 4.09. The third-order valence-electron chi connectivity index (χ3n) is 1.98. The van der Waals surface area contributed by atoms with Gasteiger partial charge in [0.05, 0.1) is 0 Å². The van der Waals surface area contributed by atoms with Crippen molar-refractivity contribution < 1.29 is 0 Å². The number of pyridine rings is 2. The Balaban J connectivity index is 0.00000144. The summed E-state index contributed by atoms with van der Waals surface area (Å²) in [4.78, 5) is 8.18. The van der Waals surface area contributed by atoms with Crippen LogP contribution in [-0.4, -0.2) is 9.97 Å². The SMILES string of the molecule is Cl.Cl.c1cncc(CSSCc2cccnc2)c1. The van der Waals surface area contributed by atoms with Crippen molar-refractivity contribution >= 4 is 46.4 Å². The predicted octanol–water partition coefficient (Wildman–Crippen LogP) is 4.40. The van der Waals surface area contributed by atoms with E-state index in [1.807, 2.05) is 46.1 Å². The Kier molecular flexibility index (Phi) is 10.3. The molecule has 2 aromatic heterocycles. The van der Waals surface area contributed by atoms with Gasteiger partial charge in [0.15, 0.2) is 0 Å². The van der Waals surface area contributed by atoms with Crippen molar-refractivity contribution in [3.63, 3.8) is 0 Å². The van der Waals surface area contributed by atoms with Crippen LogP contribution in [0.15, 0.2) is 49.1 Å². The lowest BCUT2D eigenvalue weighted by atomic mass is 10.3. The van der Waals surface area contributed by atoms with Crippen molar-refractivity contribution in [2.45, 2.75) is 11.5 Å². The predicted molar refractivity (Wildman–Crippen MR) is 85.6 cm³/mol. The highest BCUT2D eigenvalue weighted by molar-refractivity contribution is 8.76. The van der Waals surface area contributed by atoms with Crippen LogP contribution in [0.25, 0.3) is 0 Å². The first-order chi connectivity index (χ1) is 7.95. The minimum absolute atomic E-state index is 0. The third kappa shape index (κ3) is 6.50. The molecule has 2 nitrogen and oxygen atoms in total. The van der Waals surface area contributed by atoms with E-state index in [0.717, 1.165) is 11.5 Å². The van der Waals surface area contributed by atoms with E-state index in [-0.39, 0.29) is 24.8 Å². The smallest absolute Gasteiger partial charge is 0.0308 e. The topological polar surface area (TPSA) is 25.8 Å². The van der Waals surface area contributed by atoms with E-state index >= 15 is 0 Å². The Labute approximate surface area is 128 Å². The minimum Gasteiger partial charge on any atom is -0.264 e. The number of rotatable bonds is 5. The molecule has 0 aliphatic carbocycles. The van der Waals surface area contributed by atoms with Crippen molar-refractivity contribution in [2.24, 2.45) is 0 Å². The quantitative estimate of drug-likeness (QED) is 0.602. The number of hydrogen-bond acceptors (Lipinski definition) is 4. The van der Waals surface area contributed by atoms with Crippen LogP contribution < -0.4 is 0 Å². The Morgan fingerprint density at radius 1 is 0.778 bits per heavy atom. The van der Waals surface area contributed by atoms with Gasteiger partial charge < -0.3 is 0 Å². The van der Waals surface area contributed by atoms with Gasteiger partial charge in [0.1, 0.15) is 0 Å². The second-order valence-electron chi connectivity index (χ2n) is 3.25. The molecule has 2 rings (SSSR count). The first-order valence-electron chi connectivity index (χ1n) is 4.97. The maximum Gasteiger partial charge on any atom is 0.0308 e. The van der Waals surface area contributed by atoms with E-state index in [9.17, 15) is 0 Å². The lowest BCUT2D eigenvalue weighted by Crippen LogP contribution is -1.81. The van der Waals surface area contributed by atoms with Crippen LogP contribution >= 0.6 is 46.4 Å². The highest BCUT2D eigenvalue weighted by Gasteiger charge is 1.95. The molecule has 0 bridgehead atoms. The first-order valence-corrected chi connectivity index (χ1v) is 7.46. The molecule has 0 radical (unpaired) electrons. The van der Waals surface area contributed by atoms with Crippen LogP contribution in [-0.2, 0) is 11.5 Å². The van der Waals surface area contributed by atoms with Gasteiger partial charge in [-0.25, -0.2) is 0 Å². The van der Waals surface area contributed by atoms with Gasteiger partial charge in [-0.1, -0.05) is 33.7 Å². The Bertz CT molecular complexity index is 373. The summed E-state index contributed by atoms with van der Waals surface area (Å²) in [5.74, 6) is 2.00. The summed E-state index contributed by atoms with van der Waals surface area (Å²) >= 11 is 0. The normalized spacial score (nSPS) is 9.11. The number of nitrogens with zero attached hydrogens (tertiary/aromatic N) is 2. The van der Waals surface area contributed by atoms with E-state index in [1.165, 1.54) is 11.1 Å². The molecule has 0 amide bonds. The monoisotopic (exact) mass is 320 g/mol. The fraction of sp³-hybridized carbons (Fsp3) is 0.167. The highest BCUT2D eigenvalue weighted by atomic mass is 35.5. The maximum atomic E-state index is 4.09. The van der Waals surface area contributed by atoms with Gasteiger partial charge in [0, 0.05) is 36.3 Å². The zero-order chi connectivity index (χ0) is 11.1. The van der Waals surface area contributed by atoms with Crippen molar-refractivity contribution in [2.75, 3.05) is 0 Å². The molecule has 0 saturated heterocycles. The highest BCUT2D eigenvalue weighted by Crippen LogP contribution is 2.28. The van der Waals surface area contributed by atoms with Crippen LogP contribution in [0.2, 0.25) is 0 Å². The Morgan fingerprint density at radius 3 is 1.56 bits per heavy atom. The van der Waals surface area contributed by atoms with Crippen molar-refractivity contribution in [1.29, 1.82) is 0 Å². The first kappa shape index (κ1) is 17.6. The average molecular weight is 321 g/mol. The Morgan fingerprint density at radius 2 is 1.22 bits per heavy atom. The molecule has 98 valence electrons. The van der Waals surface area contributed by atoms with E-state index < -0.39 is 0 Å². The van der Waals surface area contributed by atoms with Crippen molar-refractivity contribution in [3.05, 3.63) is 60.2 Å². The summed E-state index contributed by atoms with van der Waals surface area (Å²) in [7, 11) is 3.70. The summed E-state index contributed by atoms with van der Waals surface area (Å²) in [5.41, 5.74) is 2.54. The molecule has 0 fully saturated rings. The van der Waals surface area contributed by atoms with Crippen LogP contribution in [0, 0.1) is 0 Å². The zero-order valence-electron chi connectivity index (χ0n) is 9.56. The number of hydrogen-bond donors (Lipinski definition) is 0. The van der Waals surface area contributed by atoms with E-state index in [2.05, 4.69) is 22.1 Å². The summed E-state index contributed by atoms with van der Waals surface area (Å²) < 4.78 is 0. The average Bonchev–Trinajstić information content (AvgIpc) is 2.37. The van der Waals surface area contributed by atoms with Gasteiger partial charge in [0.2, 0.25) is 0 Å². The molecule has 2 heterocycles. The molecule has 2 aromatic rings. The molecule has 0 aliphatic heterocycles. The van der Waals surface area contributed by atoms with Gasteiger partial charge in [-0.15, -0.1) is 24.8 Å². The fourth-order valence-electron chi connectivity index (χ4n) is 1.19. The molecular weight excluding hydrogens is 307 g/mol. The van der Waals surface area contributed by atoms with Crippen molar-refractivity contribution in [1.82, 2.24) is 9.97 Å². The van der Waals surface area contributed by atoms with E-state index in [4.69, 9.17) is 0 Å². The molecule has 0 aromatic carbocycles. The molecule has 0 saturated carbocycles.